The van der Waals surface area contributed by atoms with Crippen molar-refractivity contribution >= 4 is 11.6 Å². The number of hydrogen-bond donors (Lipinski definition) is 0. The largest absolute Gasteiger partial charge is 0.489 e. The normalized spacial score (nSPS) is 12.7. The standard InChI is InChI=1S/C9H13ClN2.C7H6O.C3H5O/c1-7(9(2,3)10)8-6-11-4-5-12-8;1-2-6-4-7(3-1)8-5-6;1-2-3-4/h4-7H,1-3H3;1-4H,5H2;2H,1,3H2. The van der Waals surface area contributed by atoms with Gasteiger partial charge in [-0.05, 0) is 31.5 Å². The van der Waals surface area contributed by atoms with Crippen molar-refractivity contribution in [3.8, 4) is 5.75 Å². The van der Waals surface area contributed by atoms with E-state index in [1.165, 1.54) is 11.6 Å². The summed E-state index contributed by atoms with van der Waals surface area (Å²) in [5.41, 5.74) is 2.22. The van der Waals surface area contributed by atoms with Crippen molar-refractivity contribution in [2.75, 3.05) is 6.61 Å². The van der Waals surface area contributed by atoms with Crippen LogP contribution in [0.2, 0.25) is 0 Å². The number of rotatable bonds is 3. The molecule has 4 nitrogen and oxygen atoms in total. The molecule has 1 aromatic heterocycles. The zero-order valence-electron chi connectivity index (χ0n) is 14.4. The van der Waals surface area contributed by atoms with Crippen LogP contribution in [0.5, 0.6) is 5.75 Å². The highest BCUT2D eigenvalue weighted by Crippen LogP contribution is 2.31. The molecule has 1 unspecified atom stereocenters. The number of ether oxygens (including phenoxy) is 1. The number of nitrogens with zero attached hydrogens (tertiary/aromatic N) is 2. The lowest BCUT2D eigenvalue weighted by Gasteiger charge is -2.23. The van der Waals surface area contributed by atoms with E-state index in [1.54, 1.807) is 18.6 Å². The number of benzene rings is 1. The fraction of sp³-hybridized carbons (Fsp3) is 0.368. The molecule has 0 saturated heterocycles. The molecule has 1 aromatic carbocycles. The van der Waals surface area contributed by atoms with Gasteiger partial charge in [0.1, 0.15) is 19.0 Å². The second kappa shape index (κ2) is 10.1. The summed E-state index contributed by atoms with van der Waals surface area (Å²) >= 11 is 6.15. The summed E-state index contributed by atoms with van der Waals surface area (Å²) in [6, 6.07) is 8.10. The lowest BCUT2D eigenvalue weighted by molar-refractivity contribution is 0.232. The van der Waals surface area contributed by atoms with Gasteiger partial charge in [-0.2, -0.15) is 0 Å². The van der Waals surface area contributed by atoms with Gasteiger partial charge in [0.15, 0.2) is 0 Å². The highest BCUT2D eigenvalue weighted by molar-refractivity contribution is 6.23. The van der Waals surface area contributed by atoms with Gasteiger partial charge in [0.05, 0.1) is 5.69 Å². The van der Waals surface area contributed by atoms with E-state index in [0.29, 0.717) is 0 Å². The fourth-order valence-corrected chi connectivity index (χ4v) is 1.89. The molecule has 2 heterocycles. The average molecular weight is 348 g/mol. The van der Waals surface area contributed by atoms with Crippen molar-refractivity contribution in [2.45, 2.75) is 38.2 Å². The van der Waals surface area contributed by atoms with Crippen LogP contribution in [0.25, 0.3) is 0 Å². The van der Waals surface area contributed by atoms with Gasteiger partial charge in [-0.15, -0.1) is 18.2 Å². The minimum absolute atomic E-state index is 0.167. The Hall–Kier alpha value is -1.91. The van der Waals surface area contributed by atoms with Crippen LogP contribution < -0.4 is 4.74 Å². The van der Waals surface area contributed by atoms with E-state index in [1.807, 2.05) is 26.0 Å². The zero-order valence-corrected chi connectivity index (χ0v) is 15.2. The van der Waals surface area contributed by atoms with Crippen molar-refractivity contribution < 1.29 is 9.84 Å². The van der Waals surface area contributed by atoms with Crippen molar-refractivity contribution in [1.29, 1.82) is 0 Å². The quantitative estimate of drug-likeness (QED) is 0.593. The van der Waals surface area contributed by atoms with E-state index in [2.05, 4.69) is 35.6 Å². The van der Waals surface area contributed by atoms with Gasteiger partial charge in [0, 0.05) is 29.4 Å². The summed E-state index contributed by atoms with van der Waals surface area (Å²) < 4.78 is 5.18. The van der Waals surface area contributed by atoms with Crippen LogP contribution in [0.1, 0.15) is 37.9 Å². The average Bonchev–Trinajstić information content (AvgIpc) is 2.92. The number of aromatic nitrogens is 2. The van der Waals surface area contributed by atoms with E-state index in [-0.39, 0.29) is 17.4 Å². The maximum Gasteiger partial charge on any atom is 0.120 e. The highest BCUT2D eigenvalue weighted by atomic mass is 35.5. The lowest BCUT2D eigenvalue weighted by atomic mass is 9.94. The third-order valence-corrected chi connectivity index (χ3v) is 3.81. The Bertz CT molecular complexity index is 593. The molecular weight excluding hydrogens is 324 g/mol. The summed E-state index contributed by atoms with van der Waals surface area (Å²) in [5.74, 6) is 1.22. The van der Waals surface area contributed by atoms with E-state index >= 15 is 0 Å². The minimum atomic E-state index is -0.268. The molecule has 2 bridgehead atoms. The maximum atomic E-state index is 9.18. The van der Waals surface area contributed by atoms with Gasteiger partial charge < -0.3 is 4.74 Å². The Labute approximate surface area is 149 Å². The van der Waals surface area contributed by atoms with Crippen LogP contribution in [0.4, 0.5) is 0 Å². The van der Waals surface area contributed by atoms with Crippen LogP contribution in [0.3, 0.4) is 0 Å². The van der Waals surface area contributed by atoms with E-state index in [9.17, 15) is 5.11 Å². The van der Waals surface area contributed by atoms with Crippen LogP contribution >= 0.6 is 11.6 Å². The number of fused-ring (bicyclic) bond motifs is 2. The monoisotopic (exact) mass is 347 g/mol. The predicted octanol–water partition coefficient (Wildman–Crippen LogP) is 4.78. The van der Waals surface area contributed by atoms with Gasteiger partial charge in [0.2, 0.25) is 0 Å². The van der Waals surface area contributed by atoms with Gasteiger partial charge in [-0.25, -0.2) is 5.11 Å². The van der Waals surface area contributed by atoms with E-state index in [4.69, 9.17) is 16.3 Å². The number of halogens is 1. The second-order valence-corrected chi connectivity index (χ2v) is 6.78. The first-order valence-electron chi connectivity index (χ1n) is 7.74. The third-order valence-electron chi connectivity index (χ3n) is 3.48. The molecule has 1 radical (unpaired) electrons. The molecule has 24 heavy (non-hydrogen) atoms. The van der Waals surface area contributed by atoms with Crippen LogP contribution in [0, 0.1) is 0 Å². The van der Waals surface area contributed by atoms with E-state index in [0.717, 1.165) is 18.1 Å². The highest BCUT2D eigenvalue weighted by Gasteiger charge is 2.25. The van der Waals surface area contributed by atoms with Crippen molar-refractivity contribution in [3.05, 3.63) is 66.8 Å². The Morgan fingerprint density at radius 2 is 2.12 bits per heavy atom. The summed E-state index contributed by atoms with van der Waals surface area (Å²) in [6.07, 6.45) is 6.43. The lowest BCUT2D eigenvalue weighted by Crippen LogP contribution is -2.20. The molecule has 129 valence electrons. The molecule has 0 N–H and O–H groups in total. The Balaban J connectivity index is 0.000000205. The van der Waals surface area contributed by atoms with Crippen molar-refractivity contribution in [2.24, 2.45) is 0 Å². The van der Waals surface area contributed by atoms with Gasteiger partial charge >= 0.3 is 0 Å². The number of alkyl halides is 1. The fourth-order valence-electron chi connectivity index (χ4n) is 1.78. The molecule has 0 aliphatic carbocycles. The van der Waals surface area contributed by atoms with E-state index < -0.39 is 0 Å². The van der Waals surface area contributed by atoms with Crippen molar-refractivity contribution in [3.63, 3.8) is 0 Å². The molecule has 0 fully saturated rings. The molecule has 1 aliphatic rings. The van der Waals surface area contributed by atoms with Gasteiger partial charge in [-0.1, -0.05) is 25.1 Å². The van der Waals surface area contributed by atoms with Crippen LogP contribution in [-0.4, -0.2) is 21.4 Å². The maximum absolute atomic E-state index is 9.18. The SMILES string of the molecule is C=CC[O].CC(c1cnccn1)C(C)(C)Cl.c1cc2cc(c1)OC2. The Morgan fingerprint density at radius 3 is 2.58 bits per heavy atom. The molecule has 3 rings (SSSR count). The molecule has 0 saturated carbocycles. The Morgan fingerprint density at radius 1 is 1.42 bits per heavy atom. The smallest absolute Gasteiger partial charge is 0.120 e. The molecule has 5 heteroatoms. The minimum Gasteiger partial charge on any atom is -0.489 e. The van der Waals surface area contributed by atoms with Gasteiger partial charge in [-0.3, -0.25) is 9.97 Å². The first-order valence-corrected chi connectivity index (χ1v) is 8.11. The molecule has 1 aliphatic heterocycles. The molecule has 1 atom stereocenters. The van der Waals surface area contributed by atoms with Crippen LogP contribution in [0.15, 0.2) is 55.5 Å². The van der Waals surface area contributed by atoms with Gasteiger partial charge in [0.25, 0.3) is 0 Å². The predicted molar refractivity (Wildman–Crippen MR) is 96.9 cm³/mol. The summed E-state index contributed by atoms with van der Waals surface area (Å²) in [7, 11) is 0. The molecule has 0 spiro atoms. The summed E-state index contributed by atoms with van der Waals surface area (Å²) in [4.78, 5) is 7.93. The molecule has 0 amide bonds. The summed E-state index contributed by atoms with van der Waals surface area (Å²) in [6.45, 7) is 9.78. The second-order valence-electron chi connectivity index (χ2n) is 5.81. The number of hydrogen-bond acceptors (Lipinski definition) is 3. The third kappa shape index (κ3) is 7.11. The first kappa shape index (κ1) is 20.1. The Kier molecular flexibility index (Phi) is 8.44. The van der Waals surface area contributed by atoms with Crippen molar-refractivity contribution in [1.82, 2.24) is 9.97 Å². The molecule has 2 aromatic rings. The molecular formula is C19H24ClN2O2. The zero-order chi connectivity index (χ0) is 18.0. The first-order chi connectivity index (χ1) is 11.4. The van der Waals surface area contributed by atoms with Crippen LogP contribution in [-0.2, 0) is 11.7 Å². The topological polar surface area (TPSA) is 54.9 Å². The summed E-state index contributed by atoms with van der Waals surface area (Å²) in [5, 5.41) is 9.18.